The summed E-state index contributed by atoms with van der Waals surface area (Å²) in [6.45, 7) is 4.36. The van der Waals surface area contributed by atoms with E-state index in [1.807, 2.05) is 36.4 Å². The first-order chi connectivity index (χ1) is 14.3. The van der Waals surface area contributed by atoms with Crippen molar-refractivity contribution in [1.29, 1.82) is 0 Å². The van der Waals surface area contributed by atoms with Crippen molar-refractivity contribution in [2.75, 3.05) is 26.2 Å². The maximum atomic E-state index is 12.7. The topological polar surface area (TPSA) is 51.7 Å². The number of benzene rings is 1. The van der Waals surface area contributed by atoms with Crippen molar-refractivity contribution in [1.82, 2.24) is 9.88 Å². The third-order valence-corrected chi connectivity index (χ3v) is 5.71. The summed E-state index contributed by atoms with van der Waals surface area (Å²) < 4.78 is 11.4. The van der Waals surface area contributed by atoms with E-state index >= 15 is 0 Å². The highest BCUT2D eigenvalue weighted by Crippen LogP contribution is 2.21. The number of ether oxygens (including phenoxy) is 2. The Bertz CT molecular complexity index is 777. The predicted molar refractivity (Wildman–Crippen MR) is 112 cm³/mol. The molecule has 1 atom stereocenters. The number of likely N-dealkylation sites (tertiary alicyclic amines) is 1. The molecule has 0 aliphatic carbocycles. The summed E-state index contributed by atoms with van der Waals surface area (Å²) in [5.74, 6) is 0.724. The molecule has 0 saturated carbocycles. The van der Waals surface area contributed by atoms with Crippen molar-refractivity contribution >= 4 is 5.78 Å². The van der Waals surface area contributed by atoms with E-state index in [1.165, 1.54) is 25.9 Å². The largest absolute Gasteiger partial charge is 0.465 e. The van der Waals surface area contributed by atoms with Crippen LogP contribution >= 0.6 is 0 Å². The molecular weight excluding hydrogens is 364 g/mol. The summed E-state index contributed by atoms with van der Waals surface area (Å²) in [5.41, 5.74) is 2.32. The molecule has 0 bridgehead atoms. The lowest BCUT2D eigenvalue weighted by molar-refractivity contribution is -0.105. The summed E-state index contributed by atoms with van der Waals surface area (Å²) in [6, 6.07) is 11.2. The van der Waals surface area contributed by atoms with Crippen LogP contribution in [0.15, 0.2) is 42.6 Å². The molecule has 2 aromatic rings. The maximum Gasteiger partial charge on any atom is 0.199 e. The van der Waals surface area contributed by atoms with E-state index in [0.29, 0.717) is 11.1 Å². The quantitative estimate of drug-likeness (QED) is 0.627. The number of aryl methyl sites for hydroxylation is 1. The number of pyridine rings is 1. The van der Waals surface area contributed by atoms with Crippen LogP contribution in [-0.4, -0.2) is 48.2 Å². The lowest BCUT2D eigenvalue weighted by Crippen LogP contribution is -2.24. The fourth-order valence-corrected chi connectivity index (χ4v) is 4.00. The van der Waals surface area contributed by atoms with Gasteiger partial charge < -0.3 is 14.4 Å². The van der Waals surface area contributed by atoms with Gasteiger partial charge in [-0.05, 0) is 94.6 Å². The lowest BCUT2D eigenvalue weighted by Gasteiger charge is -2.23. The van der Waals surface area contributed by atoms with Crippen molar-refractivity contribution < 1.29 is 14.3 Å². The molecule has 4 rings (SSSR count). The number of rotatable bonds is 8. The van der Waals surface area contributed by atoms with E-state index in [4.69, 9.17) is 9.47 Å². The van der Waals surface area contributed by atoms with Gasteiger partial charge in [-0.3, -0.25) is 9.78 Å². The molecule has 154 valence electrons. The molecule has 0 amide bonds. The Morgan fingerprint density at radius 2 is 1.83 bits per heavy atom. The van der Waals surface area contributed by atoms with E-state index in [0.717, 1.165) is 56.7 Å². The number of hydrogen-bond acceptors (Lipinski definition) is 5. The van der Waals surface area contributed by atoms with E-state index in [9.17, 15) is 4.79 Å². The first kappa shape index (κ1) is 20.0. The lowest BCUT2D eigenvalue weighted by atomic mass is 10.0. The highest BCUT2D eigenvalue weighted by molar-refractivity contribution is 6.08. The fourth-order valence-electron chi connectivity index (χ4n) is 4.00. The van der Waals surface area contributed by atoms with Crippen molar-refractivity contribution in [3.63, 3.8) is 0 Å². The monoisotopic (exact) mass is 394 g/mol. The normalized spacial score (nSPS) is 19.9. The number of hydrogen-bond donors (Lipinski definition) is 0. The second kappa shape index (κ2) is 9.99. The summed E-state index contributed by atoms with van der Waals surface area (Å²) in [5, 5.41) is 0. The highest BCUT2D eigenvalue weighted by Gasteiger charge is 2.16. The van der Waals surface area contributed by atoms with Crippen LogP contribution in [0.5, 0.6) is 5.75 Å². The molecule has 5 heteroatoms. The standard InChI is InChI=1S/C24H30N2O3/c27-24(19-9-12-22(13-10-19)29-23-7-1-4-17-28-23)20-8-11-21(25-18-20)6-5-16-26-14-2-3-15-26/h8-13,18,23H,1-7,14-17H2/t23-/m0/s1. The summed E-state index contributed by atoms with van der Waals surface area (Å²) in [7, 11) is 0. The molecule has 1 aromatic heterocycles. The minimum atomic E-state index is -0.174. The van der Waals surface area contributed by atoms with Gasteiger partial charge in [-0.25, -0.2) is 0 Å². The summed E-state index contributed by atoms with van der Waals surface area (Å²) >= 11 is 0. The number of nitrogens with zero attached hydrogens (tertiary/aromatic N) is 2. The Hall–Kier alpha value is -2.24. The van der Waals surface area contributed by atoms with Gasteiger partial charge >= 0.3 is 0 Å². The Kier molecular flexibility index (Phi) is 6.91. The zero-order valence-electron chi connectivity index (χ0n) is 17.0. The minimum Gasteiger partial charge on any atom is -0.465 e. The first-order valence-electron chi connectivity index (χ1n) is 10.9. The molecule has 2 saturated heterocycles. The maximum absolute atomic E-state index is 12.7. The Balaban J connectivity index is 1.29. The van der Waals surface area contributed by atoms with Gasteiger partial charge in [0.15, 0.2) is 12.1 Å². The van der Waals surface area contributed by atoms with Gasteiger partial charge in [-0.1, -0.05) is 0 Å². The summed E-state index contributed by atoms with van der Waals surface area (Å²) in [6.07, 6.45) is 9.40. The van der Waals surface area contributed by atoms with Crippen LogP contribution < -0.4 is 4.74 Å². The average molecular weight is 395 g/mol. The number of aromatic nitrogens is 1. The van der Waals surface area contributed by atoms with Gasteiger partial charge in [0.1, 0.15) is 5.75 Å². The van der Waals surface area contributed by atoms with E-state index < -0.39 is 0 Å². The third kappa shape index (κ3) is 5.64. The molecule has 5 nitrogen and oxygen atoms in total. The molecule has 2 aliphatic heterocycles. The van der Waals surface area contributed by atoms with Gasteiger partial charge in [-0.15, -0.1) is 0 Å². The average Bonchev–Trinajstić information content (AvgIpc) is 3.29. The van der Waals surface area contributed by atoms with Crippen LogP contribution in [0.1, 0.15) is 60.1 Å². The van der Waals surface area contributed by atoms with E-state index in [-0.39, 0.29) is 12.1 Å². The molecular formula is C24H30N2O3. The van der Waals surface area contributed by atoms with Crippen LogP contribution in [0.25, 0.3) is 0 Å². The fraction of sp³-hybridized carbons (Fsp3) is 0.500. The van der Waals surface area contributed by atoms with E-state index in [2.05, 4.69) is 9.88 Å². The smallest absolute Gasteiger partial charge is 0.199 e. The van der Waals surface area contributed by atoms with Gasteiger partial charge in [0.05, 0.1) is 6.61 Å². The predicted octanol–water partition coefficient (Wildman–Crippen LogP) is 4.25. The number of ketones is 1. The second-order valence-corrected chi connectivity index (χ2v) is 7.96. The number of carbonyl (C=O) groups is 1. The minimum absolute atomic E-state index is 0.0124. The molecule has 0 unspecified atom stereocenters. The molecule has 0 N–H and O–H groups in total. The third-order valence-electron chi connectivity index (χ3n) is 5.71. The molecule has 0 spiro atoms. The molecule has 2 aliphatic rings. The highest BCUT2D eigenvalue weighted by atomic mass is 16.7. The van der Waals surface area contributed by atoms with Gasteiger partial charge in [0.25, 0.3) is 0 Å². The Morgan fingerprint density at radius 3 is 2.52 bits per heavy atom. The summed E-state index contributed by atoms with van der Waals surface area (Å²) in [4.78, 5) is 19.8. The van der Waals surface area contributed by atoms with Crippen molar-refractivity contribution in [3.8, 4) is 5.75 Å². The van der Waals surface area contributed by atoms with Gasteiger partial charge in [-0.2, -0.15) is 0 Å². The SMILES string of the molecule is O=C(c1ccc(O[C@H]2CCCCO2)cc1)c1ccc(CCCN2CCCC2)nc1. The van der Waals surface area contributed by atoms with Gasteiger partial charge in [0.2, 0.25) is 0 Å². The molecule has 2 fully saturated rings. The van der Waals surface area contributed by atoms with Crippen LogP contribution in [0, 0.1) is 0 Å². The molecule has 0 radical (unpaired) electrons. The zero-order chi connectivity index (χ0) is 19.9. The first-order valence-corrected chi connectivity index (χ1v) is 10.9. The molecule has 29 heavy (non-hydrogen) atoms. The molecule has 3 heterocycles. The van der Waals surface area contributed by atoms with Crippen LogP contribution in [0.2, 0.25) is 0 Å². The molecule has 1 aromatic carbocycles. The van der Waals surface area contributed by atoms with Crippen molar-refractivity contribution in [2.45, 2.75) is 51.2 Å². The van der Waals surface area contributed by atoms with Crippen LogP contribution in [-0.2, 0) is 11.2 Å². The van der Waals surface area contributed by atoms with Crippen molar-refractivity contribution in [3.05, 3.63) is 59.4 Å². The Labute approximate surface area is 173 Å². The van der Waals surface area contributed by atoms with Crippen LogP contribution in [0.4, 0.5) is 0 Å². The van der Waals surface area contributed by atoms with Crippen molar-refractivity contribution in [2.24, 2.45) is 0 Å². The second-order valence-electron chi connectivity index (χ2n) is 7.96. The van der Waals surface area contributed by atoms with Crippen LogP contribution in [0.3, 0.4) is 0 Å². The van der Waals surface area contributed by atoms with E-state index in [1.54, 1.807) is 6.20 Å². The Morgan fingerprint density at radius 1 is 1.03 bits per heavy atom. The zero-order valence-corrected chi connectivity index (χ0v) is 17.0. The van der Waals surface area contributed by atoms with Gasteiger partial charge in [0, 0.05) is 29.4 Å². The number of carbonyl (C=O) groups excluding carboxylic acids is 1.